The number of amides is 2. The van der Waals surface area contributed by atoms with Crippen LogP contribution in [-0.4, -0.2) is 31.1 Å². The van der Waals surface area contributed by atoms with E-state index in [0.29, 0.717) is 12.2 Å². The van der Waals surface area contributed by atoms with E-state index < -0.39 is 0 Å². The van der Waals surface area contributed by atoms with Crippen molar-refractivity contribution in [3.05, 3.63) is 28.2 Å². The highest BCUT2D eigenvalue weighted by Crippen LogP contribution is 2.20. The van der Waals surface area contributed by atoms with Gasteiger partial charge in [-0.05, 0) is 43.5 Å². The maximum atomic E-state index is 11.8. The highest BCUT2D eigenvalue weighted by molar-refractivity contribution is 9.10. The minimum Gasteiger partial charge on any atom is -0.376 e. The summed E-state index contributed by atoms with van der Waals surface area (Å²) in [5, 5.41) is 5.45. The molecule has 1 aliphatic rings. The zero-order valence-corrected chi connectivity index (χ0v) is 13.5. The van der Waals surface area contributed by atoms with Gasteiger partial charge in [0.25, 0.3) is 0 Å². The highest BCUT2D eigenvalue weighted by Gasteiger charge is 2.17. The lowest BCUT2D eigenvalue weighted by Gasteiger charge is -2.11. The molecule has 6 heteroatoms. The van der Waals surface area contributed by atoms with Gasteiger partial charge in [0.05, 0.1) is 6.10 Å². The number of anilines is 1. The average molecular weight is 355 g/mol. The average Bonchev–Trinajstić information content (AvgIpc) is 2.94. The fourth-order valence-electron chi connectivity index (χ4n) is 2.17. The maximum Gasteiger partial charge on any atom is 0.233 e. The van der Waals surface area contributed by atoms with E-state index >= 15 is 0 Å². The number of ether oxygens (including phenoxy) is 1. The third kappa shape index (κ3) is 5.13. The van der Waals surface area contributed by atoms with E-state index in [2.05, 4.69) is 26.6 Å². The van der Waals surface area contributed by atoms with Gasteiger partial charge in [0.2, 0.25) is 11.8 Å². The second-order valence-corrected chi connectivity index (χ2v) is 5.98. The Morgan fingerprint density at radius 3 is 2.86 bits per heavy atom. The van der Waals surface area contributed by atoms with E-state index in [0.717, 1.165) is 29.5 Å². The molecular weight excluding hydrogens is 336 g/mol. The minimum atomic E-state index is -0.318. The van der Waals surface area contributed by atoms with Crippen LogP contribution in [0.1, 0.15) is 24.8 Å². The number of nitrogens with one attached hydrogen (secondary N) is 2. The normalized spacial score (nSPS) is 17.5. The van der Waals surface area contributed by atoms with Gasteiger partial charge in [0.15, 0.2) is 0 Å². The van der Waals surface area contributed by atoms with Crippen LogP contribution >= 0.6 is 15.9 Å². The molecule has 1 aromatic carbocycles. The van der Waals surface area contributed by atoms with Crippen LogP contribution in [0.3, 0.4) is 0 Å². The number of hydrogen-bond donors (Lipinski definition) is 2. The van der Waals surface area contributed by atoms with Gasteiger partial charge < -0.3 is 15.4 Å². The second kappa shape index (κ2) is 7.56. The van der Waals surface area contributed by atoms with Crippen LogP contribution in [0.25, 0.3) is 0 Å². The molecule has 21 heavy (non-hydrogen) atoms. The van der Waals surface area contributed by atoms with Gasteiger partial charge in [-0.2, -0.15) is 0 Å². The number of carbonyl (C=O) groups is 2. The lowest BCUT2D eigenvalue weighted by molar-refractivity contribution is -0.127. The summed E-state index contributed by atoms with van der Waals surface area (Å²) in [5.41, 5.74) is 1.71. The fourth-order valence-corrected chi connectivity index (χ4v) is 2.42. The van der Waals surface area contributed by atoms with Crippen molar-refractivity contribution < 1.29 is 14.3 Å². The molecule has 0 aliphatic carbocycles. The van der Waals surface area contributed by atoms with Crippen LogP contribution in [0.2, 0.25) is 0 Å². The van der Waals surface area contributed by atoms with Crippen molar-refractivity contribution in [2.45, 2.75) is 32.3 Å². The quantitative estimate of drug-likeness (QED) is 0.797. The molecule has 114 valence electrons. The van der Waals surface area contributed by atoms with Gasteiger partial charge in [-0.3, -0.25) is 9.59 Å². The molecular formula is C15H19BrN2O3. The summed E-state index contributed by atoms with van der Waals surface area (Å²) in [4.78, 5) is 23.5. The van der Waals surface area contributed by atoms with Gasteiger partial charge in [0.1, 0.15) is 6.42 Å². The van der Waals surface area contributed by atoms with Crippen molar-refractivity contribution in [2.75, 3.05) is 18.5 Å². The van der Waals surface area contributed by atoms with Gasteiger partial charge in [-0.1, -0.05) is 15.9 Å². The van der Waals surface area contributed by atoms with E-state index in [1.165, 1.54) is 0 Å². The second-order valence-electron chi connectivity index (χ2n) is 5.13. The number of benzene rings is 1. The molecule has 1 aliphatic heterocycles. The van der Waals surface area contributed by atoms with Crippen molar-refractivity contribution in [3.63, 3.8) is 0 Å². The molecule has 1 unspecified atom stereocenters. The van der Waals surface area contributed by atoms with Crippen LogP contribution in [0.15, 0.2) is 22.7 Å². The van der Waals surface area contributed by atoms with Gasteiger partial charge in [-0.15, -0.1) is 0 Å². The molecule has 0 aromatic heterocycles. The Labute approximate surface area is 132 Å². The first-order chi connectivity index (χ1) is 10.0. The first-order valence-electron chi connectivity index (χ1n) is 6.99. The summed E-state index contributed by atoms with van der Waals surface area (Å²) in [6, 6.07) is 5.51. The van der Waals surface area contributed by atoms with E-state index in [4.69, 9.17) is 4.74 Å². The zero-order valence-electron chi connectivity index (χ0n) is 11.9. The third-order valence-electron chi connectivity index (χ3n) is 3.31. The van der Waals surface area contributed by atoms with E-state index in [1.54, 1.807) is 6.07 Å². The molecule has 0 bridgehead atoms. The van der Waals surface area contributed by atoms with Crippen molar-refractivity contribution in [1.82, 2.24) is 5.32 Å². The molecule has 2 amide bonds. The van der Waals surface area contributed by atoms with Crippen LogP contribution in [0, 0.1) is 6.92 Å². The van der Waals surface area contributed by atoms with E-state index in [1.807, 2.05) is 19.1 Å². The number of aryl methyl sites for hydroxylation is 1. The summed E-state index contributed by atoms with van der Waals surface area (Å²) in [6.07, 6.45) is 1.90. The van der Waals surface area contributed by atoms with Crippen molar-refractivity contribution in [1.29, 1.82) is 0 Å². The molecule has 1 heterocycles. The number of hydrogen-bond acceptors (Lipinski definition) is 3. The molecule has 0 radical (unpaired) electrons. The topological polar surface area (TPSA) is 67.4 Å². The SMILES string of the molecule is Cc1cc(NC(=O)CC(=O)NCC2CCCO2)ccc1Br. The predicted octanol–water partition coefficient (Wildman–Crippen LogP) is 2.38. The first-order valence-corrected chi connectivity index (χ1v) is 7.78. The Kier molecular flexibility index (Phi) is 5.76. The molecule has 5 nitrogen and oxygen atoms in total. The number of carbonyl (C=O) groups excluding carboxylic acids is 2. The molecule has 1 fully saturated rings. The van der Waals surface area contributed by atoms with E-state index in [-0.39, 0.29) is 24.3 Å². The molecule has 0 spiro atoms. The van der Waals surface area contributed by atoms with Crippen LogP contribution in [0.5, 0.6) is 0 Å². The molecule has 1 atom stereocenters. The number of halogens is 1. The van der Waals surface area contributed by atoms with Crippen molar-refractivity contribution in [2.24, 2.45) is 0 Å². The maximum absolute atomic E-state index is 11.8. The minimum absolute atomic E-state index is 0.0890. The largest absolute Gasteiger partial charge is 0.376 e. The van der Waals surface area contributed by atoms with Gasteiger partial charge >= 0.3 is 0 Å². The Balaban J connectivity index is 1.75. The standard InChI is InChI=1S/C15H19BrN2O3/c1-10-7-11(4-5-13(10)16)18-15(20)8-14(19)17-9-12-3-2-6-21-12/h4-5,7,12H,2-3,6,8-9H2,1H3,(H,17,19)(H,18,20). The van der Waals surface area contributed by atoms with E-state index in [9.17, 15) is 9.59 Å². The molecule has 2 rings (SSSR count). The Morgan fingerprint density at radius 2 is 2.19 bits per heavy atom. The number of rotatable bonds is 5. The third-order valence-corrected chi connectivity index (χ3v) is 4.20. The smallest absolute Gasteiger partial charge is 0.233 e. The van der Waals surface area contributed by atoms with Gasteiger partial charge in [0, 0.05) is 23.3 Å². The summed E-state index contributed by atoms with van der Waals surface area (Å²) < 4.78 is 6.39. The lowest BCUT2D eigenvalue weighted by Crippen LogP contribution is -2.34. The monoisotopic (exact) mass is 354 g/mol. The van der Waals surface area contributed by atoms with Crippen molar-refractivity contribution in [3.8, 4) is 0 Å². The van der Waals surface area contributed by atoms with Crippen LogP contribution in [0.4, 0.5) is 5.69 Å². The molecule has 2 N–H and O–H groups in total. The van der Waals surface area contributed by atoms with Crippen LogP contribution < -0.4 is 10.6 Å². The zero-order chi connectivity index (χ0) is 15.2. The summed E-state index contributed by atoms with van der Waals surface area (Å²) >= 11 is 3.40. The summed E-state index contributed by atoms with van der Waals surface area (Å²) in [6.45, 7) is 3.17. The molecule has 0 saturated carbocycles. The molecule has 1 saturated heterocycles. The first kappa shape index (κ1) is 16.0. The summed E-state index contributed by atoms with van der Waals surface area (Å²) in [5.74, 6) is -0.599. The Morgan fingerprint density at radius 1 is 1.38 bits per heavy atom. The highest BCUT2D eigenvalue weighted by atomic mass is 79.9. The van der Waals surface area contributed by atoms with Gasteiger partial charge in [-0.25, -0.2) is 0 Å². The van der Waals surface area contributed by atoms with Crippen molar-refractivity contribution >= 4 is 33.4 Å². The predicted molar refractivity (Wildman–Crippen MR) is 84.1 cm³/mol. The summed E-state index contributed by atoms with van der Waals surface area (Å²) in [7, 11) is 0. The van der Waals surface area contributed by atoms with Crippen LogP contribution in [-0.2, 0) is 14.3 Å². The Hall–Kier alpha value is -1.40. The Bertz CT molecular complexity index is 528. The molecule has 1 aromatic rings. The fraction of sp³-hybridized carbons (Fsp3) is 0.467. The lowest BCUT2D eigenvalue weighted by atomic mass is 10.2.